The van der Waals surface area contributed by atoms with Crippen LogP contribution >= 0.6 is 0 Å². The van der Waals surface area contributed by atoms with E-state index in [1.165, 1.54) is 6.92 Å². The zero-order valence-corrected chi connectivity index (χ0v) is 17.0. The van der Waals surface area contributed by atoms with Crippen molar-refractivity contribution in [3.63, 3.8) is 0 Å². The van der Waals surface area contributed by atoms with Crippen molar-refractivity contribution in [2.75, 3.05) is 13.2 Å². The number of hydrogen-bond donors (Lipinski definition) is 3. The lowest BCUT2D eigenvalue weighted by atomic mass is 9.96. The zero-order valence-electron chi connectivity index (χ0n) is 17.0. The number of aliphatic carboxylic acids is 1. The van der Waals surface area contributed by atoms with Crippen molar-refractivity contribution >= 4 is 29.8 Å². The second-order valence-electron chi connectivity index (χ2n) is 6.50. The Hall–Kier alpha value is -2.77. The third kappa shape index (κ3) is 7.93. The first kappa shape index (κ1) is 25.3. The molecule has 0 radical (unpaired) electrons. The van der Waals surface area contributed by atoms with Gasteiger partial charge in [0, 0.05) is 27.7 Å². The molecule has 1 heterocycles. The lowest BCUT2D eigenvalue weighted by Gasteiger charge is -2.45. The highest BCUT2D eigenvalue weighted by Crippen LogP contribution is 2.28. The Morgan fingerprint density at radius 3 is 2.03 bits per heavy atom. The standard InChI is InChI=1S/C17H26N2O11/c1-7(20)19-13-15(29-10(4)23)14(28-9(3)22)12(6-26-8(2)21)30-17(13)27-5-11(18)16(24)25/h11-15,17H,5-6,18H2,1-4H3,(H,19,20)(H,24,25)/t11-,12?,13?,14-,15+,17+/m0/s1. The Bertz CT molecular complexity index is 668. The van der Waals surface area contributed by atoms with Gasteiger partial charge in [-0.2, -0.15) is 0 Å². The third-order valence-corrected chi connectivity index (χ3v) is 3.83. The number of amides is 1. The number of nitrogens with one attached hydrogen (secondary N) is 1. The predicted octanol–water partition coefficient (Wildman–Crippen LogP) is -1.93. The van der Waals surface area contributed by atoms with Crippen LogP contribution in [0.15, 0.2) is 0 Å². The summed E-state index contributed by atoms with van der Waals surface area (Å²) in [6.45, 7) is 3.62. The molecule has 0 spiro atoms. The van der Waals surface area contributed by atoms with Crippen LogP contribution in [-0.4, -0.2) is 84.8 Å². The molecular weight excluding hydrogens is 408 g/mol. The Labute approximate surface area is 172 Å². The molecule has 0 aromatic heterocycles. The van der Waals surface area contributed by atoms with E-state index in [1.54, 1.807) is 0 Å². The van der Waals surface area contributed by atoms with Crippen LogP contribution in [0.3, 0.4) is 0 Å². The Balaban J connectivity index is 3.27. The van der Waals surface area contributed by atoms with Gasteiger partial charge >= 0.3 is 23.9 Å². The molecule has 0 aromatic rings. The van der Waals surface area contributed by atoms with Gasteiger partial charge in [0.15, 0.2) is 18.5 Å². The fraction of sp³-hybridized carbons (Fsp3) is 0.706. The maximum atomic E-state index is 11.7. The highest BCUT2D eigenvalue weighted by molar-refractivity contribution is 5.74. The number of carboxylic acids is 1. The average molecular weight is 434 g/mol. The quantitative estimate of drug-likeness (QED) is 0.269. The first-order chi connectivity index (χ1) is 13.9. The molecule has 0 bridgehead atoms. The molecule has 1 aliphatic rings. The minimum absolute atomic E-state index is 0.400. The van der Waals surface area contributed by atoms with E-state index >= 15 is 0 Å². The number of hydrogen-bond acceptors (Lipinski definition) is 11. The first-order valence-corrected chi connectivity index (χ1v) is 8.92. The van der Waals surface area contributed by atoms with Crippen LogP contribution in [0, 0.1) is 0 Å². The predicted molar refractivity (Wildman–Crippen MR) is 95.6 cm³/mol. The second-order valence-corrected chi connectivity index (χ2v) is 6.50. The number of esters is 3. The maximum absolute atomic E-state index is 11.7. The summed E-state index contributed by atoms with van der Waals surface area (Å²) in [5.41, 5.74) is 5.43. The molecule has 0 saturated carbocycles. The van der Waals surface area contributed by atoms with Gasteiger partial charge in [0.25, 0.3) is 0 Å². The number of carboxylic acid groups (broad SMARTS) is 1. The maximum Gasteiger partial charge on any atom is 0.322 e. The lowest BCUT2D eigenvalue weighted by molar-refractivity contribution is -0.278. The number of carbonyl (C=O) groups is 5. The largest absolute Gasteiger partial charge is 0.480 e. The van der Waals surface area contributed by atoms with Gasteiger partial charge in [-0.05, 0) is 0 Å². The topological polar surface area (TPSA) is 190 Å². The smallest absolute Gasteiger partial charge is 0.322 e. The molecule has 4 N–H and O–H groups in total. The highest BCUT2D eigenvalue weighted by atomic mass is 16.7. The van der Waals surface area contributed by atoms with E-state index in [-0.39, 0.29) is 0 Å². The summed E-state index contributed by atoms with van der Waals surface area (Å²) in [5.74, 6) is -4.06. The van der Waals surface area contributed by atoms with Gasteiger partial charge < -0.3 is 39.8 Å². The lowest BCUT2D eigenvalue weighted by Crippen LogP contribution is -2.66. The van der Waals surface area contributed by atoms with Crippen LogP contribution in [-0.2, 0) is 47.7 Å². The van der Waals surface area contributed by atoms with Crippen LogP contribution in [0.1, 0.15) is 27.7 Å². The van der Waals surface area contributed by atoms with Gasteiger partial charge in [0.05, 0.1) is 6.61 Å². The van der Waals surface area contributed by atoms with Crippen LogP contribution in [0.4, 0.5) is 0 Å². The highest BCUT2D eigenvalue weighted by Gasteiger charge is 2.51. The first-order valence-electron chi connectivity index (χ1n) is 8.92. The number of rotatable bonds is 9. The van der Waals surface area contributed by atoms with Crippen molar-refractivity contribution < 1.29 is 52.8 Å². The number of ether oxygens (including phenoxy) is 5. The number of carbonyl (C=O) groups excluding carboxylic acids is 4. The van der Waals surface area contributed by atoms with Gasteiger partial charge in [0.2, 0.25) is 5.91 Å². The summed E-state index contributed by atoms with van der Waals surface area (Å²) in [5, 5.41) is 11.4. The van der Waals surface area contributed by atoms with E-state index in [9.17, 15) is 24.0 Å². The summed E-state index contributed by atoms with van der Waals surface area (Å²) in [4.78, 5) is 57.1. The molecule has 6 atom stereocenters. The Morgan fingerprint density at radius 2 is 1.57 bits per heavy atom. The monoisotopic (exact) mass is 434 g/mol. The van der Waals surface area contributed by atoms with Crippen molar-refractivity contribution in [2.24, 2.45) is 5.73 Å². The fourth-order valence-corrected chi connectivity index (χ4v) is 2.70. The molecule has 30 heavy (non-hydrogen) atoms. The third-order valence-electron chi connectivity index (χ3n) is 3.83. The number of nitrogens with two attached hydrogens (primary N) is 1. The van der Waals surface area contributed by atoms with E-state index in [4.69, 9.17) is 34.5 Å². The SMILES string of the molecule is CC(=O)NC1[C@H](OC[C@H](N)C(=O)O)OC(COC(C)=O)[C@H](OC(C)=O)[C@@H]1OC(C)=O. The summed E-state index contributed by atoms with van der Waals surface area (Å²) < 4.78 is 26.5. The van der Waals surface area contributed by atoms with E-state index in [2.05, 4.69) is 5.32 Å². The van der Waals surface area contributed by atoms with Gasteiger partial charge in [-0.25, -0.2) is 0 Å². The molecule has 1 aliphatic heterocycles. The summed E-state index contributed by atoms with van der Waals surface area (Å²) >= 11 is 0. The van der Waals surface area contributed by atoms with Crippen LogP contribution in [0.25, 0.3) is 0 Å². The van der Waals surface area contributed by atoms with Gasteiger partial charge in [-0.3, -0.25) is 24.0 Å². The zero-order chi connectivity index (χ0) is 23.0. The van der Waals surface area contributed by atoms with Crippen molar-refractivity contribution in [3.05, 3.63) is 0 Å². The molecule has 1 rings (SSSR count). The Kier molecular flexibility index (Phi) is 9.62. The molecule has 1 saturated heterocycles. The van der Waals surface area contributed by atoms with E-state index < -0.39 is 79.7 Å². The minimum Gasteiger partial charge on any atom is -0.480 e. The molecule has 2 unspecified atom stereocenters. The van der Waals surface area contributed by atoms with Crippen molar-refractivity contribution in [1.82, 2.24) is 5.32 Å². The van der Waals surface area contributed by atoms with Crippen LogP contribution in [0.5, 0.6) is 0 Å². The molecule has 0 aromatic carbocycles. The normalized spacial score (nSPS) is 26.8. The summed E-state index contributed by atoms with van der Waals surface area (Å²) in [6.07, 6.45) is -5.08. The van der Waals surface area contributed by atoms with E-state index in [0.29, 0.717) is 0 Å². The average Bonchev–Trinajstić information content (AvgIpc) is 2.60. The molecule has 13 heteroatoms. The van der Waals surface area contributed by atoms with Crippen molar-refractivity contribution in [1.29, 1.82) is 0 Å². The molecule has 170 valence electrons. The van der Waals surface area contributed by atoms with Crippen LogP contribution in [0.2, 0.25) is 0 Å². The van der Waals surface area contributed by atoms with Crippen molar-refractivity contribution in [2.45, 2.75) is 64.4 Å². The molecule has 0 aliphatic carbocycles. The summed E-state index contributed by atoms with van der Waals surface area (Å²) in [7, 11) is 0. The van der Waals surface area contributed by atoms with Crippen molar-refractivity contribution in [3.8, 4) is 0 Å². The molecular formula is C17H26N2O11. The Morgan fingerprint density at radius 1 is 1.00 bits per heavy atom. The summed E-state index contributed by atoms with van der Waals surface area (Å²) in [6, 6.07) is -2.60. The minimum atomic E-state index is -1.41. The molecule has 13 nitrogen and oxygen atoms in total. The fourth-order valence-electron chi connectivity index (χ4n) is 2.70. The van der Waals surface area contributed by atoms with Crippen LogP contribution < -0.4 is 11.1 Å². The molecule has 1 fully saturated rings. The molecule has 1 amide bonds. The van der Waals surface area contributed by atoms with Gasteiger partial charge in [-0.15, -0.1) is 0 Å². The van der Waals surface area contributed by atoms with E-state index in [0.717, 1.165) is 20.8 Å². The van der Waals surface area contributed by atoms with E-state index in [1.807, 2.05) is 0 Å². The van der Waals surface area contributed by atoms with Gasteiger partial charge in [0.1, 0.15) is 24.8 Å². The van der Waals surface area contributed by atoms with Gasteiger partial charge in [-0.1, -0.05) is 0 Å². The second kappa shape index (κ2) is 11.4.